The Bertz CT molecular complexity index is 1550. The normalized spacial score (nSPS) is 20.0. The molecule has 230 valence electrons. The molecule has 0 unspecified atom stereocenters. The van der Waals surface area contributed by atoms with Gasteiger partial charge in [-0.2, -0.15) is 16.9 Å². The largest absolute Gasteiger partial charge is 0.465 e. The summed E-state index contributed by atoms with van der Waals surface area (Å²) in [5.74, 6) is 2.92. The number of hydrogen-bond acceptors (Lipinski definition) is 7. The molecule has 5 heterocycles. The van der Waals surface area contributed by atoms with E-state index in [9.17, 15) is 19.5 Å². The average molecular weight is 608 g/mol. The summed E-state index contributed by atoms with van der Waals surface area (Å²) in [6.07, 6.45) is 4.74. The molecule has 3 N–H and O–H groups in total. The minimum atomic E-state index is -0.910. The van der Waals surface area contributed by atoms with E-state index in [2.05, 4.69) is 22.1 Å². The number of nitrogens with one attached hydrogen (secondary N) is 2. The summed E-state index contributed by atoms with van der Waals surface area (Å²) in [6, 6.07) is 8.12. The summed E-state index contributed by atoms with van der Waals surface area (Å²) in [4.78, 5) is 46.9. The lowest BCUT2D eigenvalue weighted by Crippen LogP contribution is -2.49. The van der Waals surface area contributed by atoms with Crippen LogP contribution in [0.5, 0.6) is 0 Å². The number of fused-ring (bicyclic) bond motifs is 1. The lowest BCUT2D eigenvalue weighted by Gasteiger charge is -2.41. The summed E-state index contributed by atoms with van der Waals surface area (Å²) < 4.78 is 1.93. The van der Waals surface area contributed by atoms with Crippen LogP contribution in [0.4, 0.5) is 16.3 Å². The first-order valence-corrected chi connectivity index (χ1v) is 16.5. The van der Waals surface area contributed by atoms with Crippen molar-refractivity contribution in [2.24, 2.45) is 0 Å². The van der Waals surface area contributed by atoms with Crippen LogP contribution < -0.4 is 10.9 Å². The highest BCUT2D eigenvalue weighted by Gasteiger charge is 2.39. The van der Waals surface area contributed by atoms with Crippen LogP contribution in [0, 0.1) is 6.92 Å². The SMILES string of the molecule is CCC1(n2nc(Nc3ccc(C(=O)N4CCC(N5CCSCC5)CC4)c(C)c3)c3c(=O)[nH]ccc32)CCN(C(=O)O)CC1. The van der Waals surface area contributed by atoms with Crippen molar-refractivity contribution in [3.8, 4) is 0 Å². The van der Waals surface area contributed by atoms with E-state index in [1.807, 2.05) is 52.5 Å². The number of pyridine rings is 1. The van der Waals surface area contributed by atoms with Crippen molar-refractivity contribution < 1.29 is 14.7 Å². The Kier molecular flexibility index (Phi) is 8.41. The van der Waals surface area contributed by atoms with Crippen LogP contribution in [0.3, 0.4) is 0 Å². The van der Waals surface area contributed by atoms with E-state index in [-0.39, 0.29) is 11.5 Å². The monoisotopic (exact) mass is 607 g/mol. The zero-order valence-corrected chi connectivity index (χ0v) is 25.8. The fraction of sp³-hybridized carbons (Fsp3) is 0.548. The number of rotatable bonds is 6. The lowest BCUT2D eigenvalue weighted by atomic mass is 9.85. The number of aryl methyl sites for hydroxylation is 1. The third-order valence-electron chi connectivity index (χ3n) is 9.71. The predicted octanol–water partition coefficient (Wildman–Crippen LogP) is 4.31. The molecule has 3 aromatic rings. The number of likely N-dealkylation sites (tertiary alicyclic amines) is 2. The fourth-order valence-electron chi connectivity index (χ4n) is 7.02. The molecule has 0 aliphatic carbocycles. The first kappa shape index (κ1) is 29.6. The number of benzene rings is 1. The Morgan fingerprint density at radius 3 is 2.44 bits per heavy atom. The van der Waals surface area contributed by atoms with Crippen molar-refractivity contribution in [1.29, 1.82) is 0 Å². The number of H-pyrrole nitrogens is 1. The quantitative estimate of drug-likeness (QED) is 0.379. The molecule has 12 heteroatoms. The molecule has 0 spiro atoms. The Morgan fingerprint density at radius 2 is 1.79 bits per heavy atom. The van der Waals surface area contributed by atoms with Gasteiger partial charge in [0.05, 0.1) is 11.1 Å². The molecule has 43 heavy (non-hydrogen) atoms. The topological polar surface area (TPSA) is 127 Å². The molecule has 0 bridgehead atoms. The molecule has 3 fully saturated rings. The molecular formula is C31H41N7O4S. The zero-order chi connectivity index (χ0) is 30.1. The van der Waals surface area contributed by atoms with Gasteiger partial charge in [-0.05, 0) is 68.9 Å². The van der Waals surface area contributed by atoms with Crippen molar-refractivity contribution in [3.63, 3.8) is 0 Å². The highest BCUT2D eigenvalue weighted by Crippen LogP contribution is 2.37. The highest BCUT2D eigenvalue weighted by atomic mass is 32.2. The molecule has 0 saturated carbocycles. The number of aromatic nitrogens is 3. The van der Waals surface area contributed by atoms with Gasteiger partial charge in [-0.25, -0.2) is 4.79 Å². The summed E-state index contributed by atoms with van der Waals surface area (Å²) in [6.45, 7) is 8.73. The molecule has 3 saturated heterocycles. The van der Waals surface area contributed by atoms with E-state index >= 15 is 0 Å². The number of carbonyl (C=O) groups excluding carboxylic acids is 1. The number of carbonyl (C=O) groups is 2. The second-order valence-corrected chi connectivity index (χ2v) is 13.2. The maximum Gasteiger partial charge on any atom is 0.407 e. The molecule has 2 aromatic heterocycles. The van der Waals surface area contributed by atoms with Gasteiger partial charge in [0, 0.05) is 74.3 Å². The molecular weight excluding hydrogens is 566 g/mol. The van der Waals surface area contributed by atoms with Gasteiger partial charge in [-0.3, -0.25) is 19.2 Å². The highest BCUT2D eigenvalue weighted by molar-refractivity contribution is 7.99. The van der Waals surface area contributed by atoms with Crippen molar-refractivity contribution in [3.05, 3.63) is 51.9 Å². The lowest BCUT2D eigenvalue weighted by molar-refractivity contribution is 0.0630. The second-order valence-electron chi connectivity index (χ2n) is 12.0. The molecule has 6 rings (SSSR count). The summed E-state index contributed by atoms with van der Waals surface area (Å²) in [5, 5.41) is 18.2. The molecule has 11 nitrogen and oxygen atoms in total. The van der Waals surface area contributed by atoms with Gasteiger partial charge in [0.2, 0.25) is 0 Å². The van der Waals surface area contributed by atoms with Gasteiger partial charge < -0.3 is 25.2 Å². The molecule has 0 radical (unpaired) electrons. The number of nitrogens with zero attached hydrogens (tertiary/aromatic N) is 5. The predicted molar refractivity (Wildman–Crippen MR) is 170 cm³/mol. The Balaban J connectivity index is 1.20. The minimum Gasteiger partial charge on any atom is -0.465 e. The van der Waals surface area contributed by atoms with Gasteiger partial charge in [0.15, 0.2) is 5.82 Å². The van der Waals surface area contributed by atoms with Crippen LogP contribution in [0.1, 0.15) is 54.9 Å². The molecule has 2 amide bonds. The number of thioether (sulfide) groups is 1. The van der Waals surface area contributed by atoms with Gasteiger partial charge in [-0.1, -0.05) is 6.92 Å². The van der Waals surface area contributed by atoms with Crippen LogP contribution in [0.15, 0.2) is 35.3 Å². The number of piperidine rings is 2. The van der Waals surface area contributed by atoms with E-state index in [1.54, 1.807) is 6.20 Å². The van der Waals surface area contributed by atoms with Crippen molar-refractivity contribution in [1.82, 2.24) is 29.5 Å². The molecule has 0 atom stereocenters. The second kappa shape index (κ2) is 12.2. The standard InChI is InChI=1S/C31H41N7O4S/c1-3-31(9-14-37(15-10-31)30(41)42)38-25-6-11-32-28(39)26(25)27(34-38)33-22-4-5-24(21(2)20-22)29(40)36-12-7-23(8-13-36)35-16-18-43-19-17-35/h4-6,11,20,23H,3,7-10,12-19H2,1-2H3,(H,32,39)(H,33,34)(H,41,42). The van der Waals surface area contributed by atoms with Crippen LogP contribution in [0.2, 0.25) is 0 Å². The number of amides is 2. The van der Waals surface area contributed by atoms with E-state index in [1.165, 1.54) is 16.4 Å². The number of hydrogen-bond donors (Lipinski definition) is 3. The third kappa shape index (κ3) is 5.74. The van der Waals surface area contributed by atoms with E-state index in [0.29, 0.717) is 54.3 Å². The summed E-state index contributed by atoms with van der Waals surface area (Å²) in [7, 11) is 0. The Morgan fingerprint density at radius 1 is 1.07 bits per heavy atom. The van der Waals surface area contributed by atoms with Crippen molar-refractivity contribution in [2.45, 2.75) is 57.5 Å². The van der Waals surface area contributed by atoms with Crippen LogP contribution in [-0.4, -0.2) is 103 Å². The fourth-order valence-corrected chi connectivity index (χ4v) is 7.95. The first-order chi connectivity index (χ1) is 20.8. The first-order valence-electron chi connectivity index (χ1n) is 15.4. The summed E-state index contributed by atoms with van der Waals surface area (Å²) >= 11 is 2.03. The van der Waals surface area contributed by atoms with Crippen LogP contribution >= 0.6 is 11.8 Å². The summed E-state index contributed by atoms with van der Waals surface area (Å²) in [5.41, 5.74) is 2.39. The van der Waals surface area contributed by atoms with Gasteiger partial charge >= 0.3 is 6.09 Å². The zero-order valence-electron chi connectivity index (χ0n) is 25.0. The Labute approximate surface area is 255 Å². The number of anilines is 2. The maximum absolute atomic E-state index is 13.5. The van der Waals surface area contributed by atoms with Gasteiger partial charge in [-0.15, -0.1) is 0 Å². The van der Waals surface area contributed by atoms with Gasteiger partial charge in [0.25, 0.3) is 11.5 Å². The molecule has 1 aromatic carbocycles. The van der Waals surface area contributed by atoms with E-state index < -0.39 is 11.6 Å². The van der Waals surface area contributed by atoms with E-state index in [4.69, 9.17) is 5.10 Å². The third-order valence-corrected chi connectivity index (χ3v) is 10.7. The molecule has 3 aliphatic rings. The Hall–Kier alpha value is -3.51. The van der Waals surface area contributed by atoms with Crippen LogP contribution in [0.25, 0.3) is 10.9 Å². The number of carboxylic acid groups (broad SMARTS) is 1. The van der Waals surface area contributed by atoms with Crippen LogP contribution in [-0.2, 0) is 5.54 Å². The van der Waals surface area contributed by atoms with Crippen molar-refractivity contribution >= 4 is 46.2 Å². The minimum absolute atomic E-state index is 0.0699. The smallest absolute Gasteiger partial charge is 0.407 e. The molecule has 3 aliphatic heterocycles. The van der Waals surface area contributed by atoms with E-state index in [0.717, 1.165) is 56.7 Å². The maximum atomic E-state index is 13.5. The van der Waals surface area contributed by atoms with Crippen molar-refractivity contribution in [2.75, 3.05) is 56.1 Å². The number of aromatic amines is 1. The van der Waals surface area contributed by atoms with Gasteiger partial charge in [0.1, 0.15) is 5.39 Å². The average Bonchev–Trinajstić information content (AvgIpc) is 3.41.